The Kier molecular flexibility index (Phi) is 7.26. The van der Waals surface area contributed by atoms with E-state index >= 15 is 0 Å². The van der Waals surface area contributed by atoms with Crippen molar-refractivity contribution in [2.75, 3.05) is 26.2 Å². The zero-order chi connectivity index (χ0) is 20.0. The first-order valence-corrected chi connectivity index (χ1v) is 11.9. The lowest BCUT2D eigenvalue weighted by Crippen LogP contribution is -2.30. The number of benzene rings is 1. The quantitative estimate of drug-likeness (QED) is 0.614. The van der Waals surface area contributed by atoms with Crippen LogP contribution in [0.4, 0.5) is 0 Å². The third-order valence-electron chi connectivity index (χ3n) is 5.57. The normalized spacial score (nSPS) is 15.5. The topological polar surface area (TPSA) is 67.2 Å². The van der Waals surface area contributed by atoms with Crippen molar-refractivity contribution < 1.29 is 8.42 Å². The monoisotopic (exact) mass is 404 g/mol. The number of nitrogens with one attached hydrogen (secondary N) is 1. The molecule has 7 heteroatoms. The van der Waals surface area contributed by atoms with Crippen LogP contribution in [0.2, 0.25) is 0 Å². The molecule has 1 saturated carbocycles. The maximum absolute atomic E-state index is 13.1. The molecule has 28 heavy (non-hydrogen) atoms. The lowest BCUT2D eigenvalue weighted by atomic mass is 10.2. The van der Waals surface area contributed by atoms with Gasteiger partial charge in [0.1, 0.15) is 10.6 Å². The van der Waals surface area contributed by atoms with E-state index in [2.05, 4.69) is 23.5 Å². The zero-order valence-corrected chi connectivity index (χ0v) is 17.8. The predicted molar refractivity (Wildman–Crippen MR) is 113 cm³/mol. The Bertz CT molecular complexity index is 839. The second-order valence-corrected chi connectivity index (χ2v) is 9.14. The molecule has 1 N–H and O–H groups in total. The van der Waals surface area contributed by atoms with Gasteiger partial charge in [0.2, 0.25) is 10.0 Å². The van der Waals surface area contributed by atoms with Gasteiger partial charge in [-0.1, -0.05) is 57.0 Å². The van der Waals surface area contributed by atoms with Gasteiger partial charge in [0.05, 0.1) is 6.04 Å². The minimum atomic E-state index is -3.61. The van der Waals surface area contributed by atoms with Crippen LogP contribution in [0.5, 0.6) is 0 Å². The average molecular weight is 405 g/mol. The molecule has 6 nitrogen and oxygen atoms in total. The van der Waals surface area contributed by atoms with E-state index in [1.165, 1.54) is 12.8 Å². The molecule has 2 aromatic rings. The maximum Gasteiger partial charge on any atom is 0.244 e. The molecular formula is C21H32N4O2S. The van der Waals surface area contributed by atoms with E-state index in [4.69, 9.17) is 5.10 Å². The number of rotatable bonds is 10. The van der Waals surface area contributed by atoms with Crippen molar-refractivity contribution in [1.82, 2.24) is 19.4 Å². The number of sulfonamides is 1. The summed E-state index contributed by atoms with van der Waals surface area (Å²) in [6, 6.07) is 9.89. The highest BCUT2D eigenvalue weighted by molar-refractivity contribution is 7.89. The van der Waals surface area contributed by atoms with Crippen molar-refractivity contribution in [2.24, 2.45) is 0 Å². The van der Waals surface area contributed by atoms with Crippen LogP contribution in [0, 0.1) is 0 Å². The van der Waals surface area contributed by atoms with Crippen molar-refractivity contribution in [1.29, 1.82) is 0 Å². The second kappa shape index (κ2) is 9.67. The number of nitrogens with zero attached hydrogens (tertiary/aromatic N) is 3. The van der Waals surface area contributed by atoms with Gasteiger partial charge in [-0.2, -0.15) is 5.10 Å². The van der Waals surface area contributed by atoms with Gasteiger partial charge in [-0.15, -0.1) is 0 Å². The molecule has 1 aromatic carbocycles. The molecule has 0 spiro atoms. The third kappa shape index (κ3) is 5.01. The zero-order valence-electron chi connectivity index (χ0n) is 17.0. The summed E-state index contributed by atoms with van der Waals surface area (Å²) < 4.78 is 30.8. The summed E-state index contributed by atoms with van der Waals surface area (Å²) in [5, 5.41) is 4.70. The summed E-state index contributed by atoms with van der Waals surface area (Å²) in [5.41, 5.74) is 1.38. The van der Waals surface area contributed by atoms with Crippen molar-refractivity contribution in [3.05, 3.63) is 36.5 Å². The van der Waals surface area contributed by atoms with Crippen molar-refractivity contribution in [3.63, 3.8) is 0 Å². The predicted octanol–water partition coefficient (Wildman–Crippen LogP) is 3.68. The summed E-state index contributed by atoms with van der Waals surface area (Å²) in [6.45, 7) is 7.53. The van der Waals surface area contributed by atoms with Crippen molar-refractivity contribution in [2.45, 2.75) is 56.9 Å². The van der Waals surface area contributed by atoms with E-state index in [0.717, 1.165) is 44.5 Å². The Labute approximate surface area is 169 Å². The van der Waals surface area contributed by atoms with Crippen LogP contribution in [0.1, 0.15) is 52.0 Å². The molecule has 0 atom stereocenters. The van der Waals surface area contributed by atoms with Gasteiger partial charge in [0.25, 0.3) is 0 Å². The first kappa shape index (κ1) is 21.0. The molecule has 3 rings (SSSR count). The van der Waals surface area contributed by atoms with Gasteiger partial charge in [-0.05, 0) is 38.9 Å². The Hall–Kier alpha value is -1.70. The fraction of sp³-hybridized carbons (Fsp3) is 0.571. The van der Waals surface area contributed by atoms with Gasteiger partial charge in [0, 0.05) is 18.3 Å². The Balaban J connectivity index is 1.80. The van der Waals surface area contributed by atoms with Gasteiger partial charge < -0.3 is 4.90 Å². The molecule has 0 amide bonds. The Morgan fingerprint density at radius 2 is 1.82 bits per heavy atom. The summed E-state index contributed by atoms with van der Waals surface area (Å²) in [4.78, 5) is 2.58. The van der Waals surface area contributed by atoms with Crippen molar-refractivity contribution >= 4 is 10.0 Å². The summed E-state index contributed by atoms with van der Waals surface area (Å²) in [6.07, 6.45) is 7.00. The SMILES string of the molecule is CCN(CC)CCCNS(=O)(=O)c1cn(C2CCCC2)nc1-c1ccccc1. The van der Waals surface area contributed by atoms with Crippen LogP contribution in [0.15, 0.2) is 41.4 Å². The van der Waals surface area contributed by atoms with Gasteiger partial charge in [-0.25, -0.2) is 13.1 Å². The molecule has 0 unspecified atom stereocenters. The number of hydrogen-bond acceptors (Lipinski definition) is 4. The van der Waals surface area contributed by atoms with Gasteiger partial charge in [-0.3, -0.25) is 4.68 Å². The lowest BCUT2D eigenvalue weighted by molar-refractivity contribution is 0.300. The fourth-order valence-electron chi connectivity index (χ4n) is 3.85. The molecule has 0 saturated heterocycles. The minimum absolute atomic E-state index is 0.286. The van der Waals surface area contributed by atoms with Crippen LogP contribution >= 0.6 is 0 Å². The molecule has 154 valence electrons. The van der Waals surface area contributed by atoms with Crippen LogP contribution in [-0.4, -0.2) is 49.3 Å². The molecule has 0 radical (unpaired) electrons. The van der Waals surface area contributed by atoms with Crippen LogP contribution in [0.25, 0.3) is 11.3 Å². The molecule has 1 fully saturated rings. The standard InChI is InChI=1S/C21H32N4O2S/c1-3-24(4-2)16-10-15-22-28(26,27)20-17-25(19-13-8-9-14-19)23-21(20)18-11-6-5-7-12-18/h5-7,11-12,17,19,22H,3-4,8-10,13-16H2,1-2H3. The lowest BCUT2D eigenvalue weighted by Gasteiger charge is -2.17. The van der Waals surface area contributed by atoms with E-state index in [1.54, 1.807) is 6.20 Å². The molecule has 1 aliphatic rings. The molecule has 0 bridgehead atoms. The fourth-order valence-corrected chi connectivity index (χ4v) is 5.08. The molecular weight excluding hydrogens is 372 g/mol. The van der Waals surface area contributed by atoms with E-state index in [0.29, 0.717) is 18.3 Å². The molecule has 1 heterocycles. The first-order valence-electron chi connectivity index (χ1n) is 10.4. The Morgan fingerprint density at radius 1 is 1.14 bits per heavy atom. The van der Waals surface area contributed by atoms with Gasteiger partial charge in [0.15, 0.2) is 0 Å². The molecule has 1 aromatic heterocycles. The highest BCUT2D eigenvalue weighted by Crippen LogP contribution is 2.33. The highest BCUT2D eigenvalue weighted by Gasteiger charge is 2.26. The summed E-state index contributed by atoms with van der Waals surface area (Å²) in [5.74, 6) is 0. The van der Waals surface area contributed by atoms with Crippen LogP contribution in [-0.2, 0) is 10.0 Å². The minimum Gasteiger partial charge on any atom is -0.304 e. The van der Waals surface area contributed by atoms with Crippen LogP contribution in [0.3, 0.4) is 0 Å². The number of hydrogen-bond donors (Lipinski definition) is 1. The highest BCUT2D eigenvalue weighted by atomic mass is 32.2. The van der Waals surface area contributed by atoms with E-state index < -0.39 is 10.0 Å². The maximum atomic E-state index is 13.1. The van der Waals surface area contributed by atoms with E-state index in [1.807, 2.05) is 35.0 Å². The largest absolute Gasteiger partial charge is 0.304 e. The van der Waals surface area contributed by atoms with Crippen molar-refractivity contribution in [3.8, 4) is 11.3 Å². The van der Waals surface area contributed by atoms with E-state index in [-0.39, 0.29) is 4.90 Å². The summed E-state index contributed by atoms with van der Waals surface area (Å²) in [7, 11) is -3.61. The third-order valence-corrected chi connectivity index (χ3v) is 7.03. The average Bonchev–Trinajstić information content (AvgIpc) is 3.39. The Morgan fingerprint density at radius 3 is 2.46 bits per heavy atom. The molecule has 0 aliphatic heterocycles. The first-order chi connectivity index (χ1) is 13.5. The second-order valence-electron chi connectivity index (χ2n) is 7.40. The van der Waals surface area contributed by atoms with E-state index in [9.17, 15) is 8.42 Å². The smallest absolute Gasteiger partial charge is 0.244 e. The van der Waals surface area contributed by atoms with Crippen LogP contribution < -0.4 is 4.72 Å². The van der Waals surface area contributed by atoms with Gasteiger partial charge >= 0.3 is 0 Å². The number of aromatic nitrogens is 2. The molecule has 1 aliphatic carbocycles. The summed E-state index contributed by atoms with van der Waals surface area (Å²) >= 11 is 0.